The van der Waals surface area contributed by atoms with Crippen LogP contribution in [0, 0.1) is 0 Å². The molecule has 0 radical (unpaired) electrons. The van der Waals surface area contributed by atoms with Gasteiger partial charge in [0.1, 0.15) is 12.4 Å². The summed E-state index contributed by atoms with van der Waals surface area (Å²) in [5.41, 5.74) is 3.31. The molecule has 3 rings (SSSR count). The minimum Gasteiger partial charge on any atom is -0.489 e. The highest BCUT2D eigenvalue weighted by Crippen LogP contribution is 2.18. The Hall–Kier alpha value is -2.00. The van der Waals surface area contributed by atoms with Crippen LogP contribution in [0.1, 0.15) is 16.7 Å². The Morgan fingerprint density at radius 2 is 1.56 bits per heavy atom. The van der Waals surface area contributed by atoms with Crippen molar-refractivity contribution in [2.75, 3.05) is 0 Å². The molecule has 0 atom stereocenters. The zero-order chi connectivity index (χ0) is 17.5. The van der Waals surface area contributed by atoms with Crippen LogP contribution in [0.4, 0.5) is 0 Å². The zero-order valence-corrected chi connectivity index (χ0v) is 15.2. The van der Waals surface area contributed by atoms with Crippen molar-refractivity contribution in [3.63, 3.8) is 0 Å². The number of rotatable bonds is 7. The Balaban J connectivity index is 1.53. The van der Waals surface area contributed by atoms with Crippen LogP contribution in [0.5, 0.6) is 5.75 Å². The van der Waals surface area contributed by atoms with E-state index in [-0.39, 0.29) is 0 Å². The van der Waals surface area contributed by atoms with E-state index in [0.29, 0.717) is 6.61 Å². The Bertz CT molecular complexity index is 835. The van der Waals surface area contributed by atoms with E-state index >= 15 is 0 Å². The maximum Gasteiger partial charge on any atom is 0.120 e. The molecule has 0 heterocycles. The maximum atomic E-state index is 6.17. The summed E-state index contributed by atoms with van der Waals surface area (Å²) in [6.45, 7) is 1.98. The number of benzene rings is 3. The molecule has 0 bridgehead atoms. The predicted octanol–water partition coefficient (Wildman–Crippen LogP) is 5.86. The molecule has 25 heavy (non-hydrogen) atoms. The minimum atomic E-state index is 0.497. The van der Waals surface area contributed by atoms with Gasteiger partial charge in [-0.05, 0) is 47.0 Å². The van der Waals surface area contributed by atoms with Crippen LogP contribution >= 0.6 is 23.2 Å². The maximum absolute atomic E-state index is 6.17. The summed E-state index contributed by atoms with van der Waals surface area (Å²) in [5, 5.41) is 4.92. The average molecular weight is 372 g/mol. The summed E-state index contributed by atoms with van der Waals surface area (Å²) in [6.07, 6.45) is 0. The lowest BCUT2D eigenvalue weighted by Crippen LogP contribution is -2.13. The van der Waals surface area contributed by atoms with Gasteiger partial charge < -0.3 is 10.1 Å². The molecule has 3 aromatic rings. The Labute approximate surface area is 158 Å². The van der Waals surface area contributed by atoms with Crippen molar-refractivity contribution in [1.82, 2.24) is 5.32 Å². The van der Waals surface area contributed by atoms with E-state index < -0.39 is 0 Å². The lowest BCUT2D eigenvalue weighted by Gasteiger charge is -2.10. The zero-order valence-electron chi connectivity index (χ0n) is 13.7. The summed E-state index contributed by atoms with van der Waals surface area (Å²) < 4.78 is 5.86. The van der Waals surface area contributed by atoms with Gasteiger partial charge in [-0.25, -0.2) is 0 Å². The monoisotopic (exact) mass is 371 g/mol. The third kappa shape index (κ3) is 5.50. The molecule has 0 saturated carbocycles. The highest BCUT2D eigenvalue weighted by Gasteiger charge is 2.01. The largest absolute Gasteiger partial charge is 0.489 e. The van der Waals surface area contributed by atoms with Gasteiger partial charge in [0.2, 0.25) is 0 Å². The first-order valence-corrected chi connectivity index (χ1v) is 8.86. The second-order valence-corrected chi connectivity index (χ2v) is 6.60. The quantitative estimate of drug-likeness (QED) is 0.561. The fraction of sp³-hybridized carbons (Fsp3) is 0.143. The molecule has 0 aliphatic rings. The summed E-state index contributed by atoms with van der Waals surface area (Å²) in [7, 11) is 0. The Kier molecular flexibility index (Phi) is 6.35. The summed E-state index contributed by atoms with van der Waals surface area (Å²) in [6, 6.07) is 23.6. The highest BCUT2D eigenvalue weighted by atomic mass is 35.5. The van der Waals surface area contributed by atoms with Crippen LogP contribution in [0.25, 0.3) is 0 Å². The van der Waals surface area contributed by atoms with Crippen LogP contribution < -0.4 is 10.1 Å². The smallest absolute Gasteiger partial charge is 0.120 e. The van der Waals surface area contributed by atoms with Gasteiger partial charge in [-0.1, -0.05) is 65.7 Å². The van der Waals surface area contributed by atoms with E-state index in [1.807, 2.05) is 66.7 Å². The molecule has 0 aromatic heterocycles. The average Bonchev–Trinajstić information content (AvgIpc) is 2.62. The van der Waals surface area contributed by atoms with E-state index in [4.69, 9.17) is 27.9 Å². The number of ether oxygens (including phenoxy) is 1. The topological polar surface area (TPSA) is 21.3 Å². The first kappa shape index (κ1) is 17.8. The first-order valence-electron chi connectivity index (χ1n) is 8.11. The van der Waals surface area contributed by atoms with Gasteiger partial charge >= 0.3 is 0 Å². The van der Waals surface area contributed by atoms with Crippen LogP contribution in [-0.4, -0.2) is 0 Å². The van der Waals surface area contributed by atoms with Crippen molar-refractivity contribution in [2.45, 2.75) is 19.7 Å². The molecule has 0 amide bonds. The lowest BCUT2D eigenvalue weighted by molar-refractivity contribution is 0.306. The molecule has 1 N–H and O–H groups in total. The van der Waals surface area contributed by atoms with Crippen LogP contribution in [0.3, 0.4) is 0 Å². The fourth-order valence-corrected chi connectivity index (χ4v) is 2.94. The van der Waals surface area contributed by atoms with E-state index in [1.165, 1.54) is 0 Å². The standard InChI is InChI=1S/C21H19Cl2NO/c22-19-8-3-6-17(11-19)15-25-20-9-4-5-16(12-20)13-24-14-18-7-1-2-10-21(18)23/h1-12,24H,13-15H2. The van der Waals surface area contributed by atoms with Gasteiger partial charge in [0.05, 0.1) is 0 Å². The second-order valence-electron chi connectivity index (χ2n) is 5.76. The molecule has 0 aliphatic heterocycles. The number of hydrogen-bond acceptors (Lipinski definition) is 2. The van der Waals surface area contributed by atoms with Gasteiger partial charge in [-0.2, -0.15) is 0 Å². The van der Waals surface area contributed by atoms with Gasteiger partial charge in [0.25, 0.3) is 0 Å². The third-order valence-corrected chi connectivity index (χ3v) is 4.40. The number of hydrogen-bond donors (Lipinski definition) is 1. The number of nitrogens with one attached hydrogen (secondary N) is 1. The second kappa shape index (κ2) is 8.91. The van der Waals surface area contributed by atoms with Crippen LogP contribution in [0.2, 0.25) is 10.0 Å². The Morgan fingerprint density at radius 1 is 0.760 bits per heavy atom. The van der Waals surface area contributed by atoms with Gasteiger partial charge in [0.15, 0.2) is 0 Å². The summed E-state index contributed by atoms with van der Waals surface area (Å²) in [4.78, 5) is 0. The van der Waals surface area contributed by atoms with Crippen molar-refractivity contribution in [2.24, 2.45) is 0 Å². The first-order chi connectivity index (χ1) is 12.2. The van der Waals surface area contributed by atoms with Crippen molar-refractivity contribution < 1.29 is 4.74 Å². The molecule has 3 aromatic carbocycles. The van der Waals surface area contributed by atoms with Crippen molar-refractivity contribution in [3.05, 3.63) is 99.5 Å². The predicted molar refractivity (Wildman–Crippen MR) is 104 cm³/mol. The molecule has 0 spiro atoms. The summed E-state index contributed by atoms with van der Waals surface area (Å²) in [5.74, 6) is 0.844. The molecule has 0 unspecified atom stereocenters. The minimum absolute atomic E-state index is 0.497. The molecule has 0 aliphatic carbocycles. The van der Waals surface area contributed by atoms with Crippen LogP contribution in [0.15, 0.2) is 72.8 Å². The van der Waals surface area contributed by atoms with Crippen molar-refractivity contribution in [3.8, 4) is 5.75 Å². The summed E-state index contributed by atoms with van der Waals surface area (Å²) >= 11 is 12.2. The van der Waals surface area contributed by atoms with E-state index in [9.17, 15) is 0 Å². The third-order valence-electron chi connectivity index (χ3n) is 3.80. The molecule has 0 saturated heterocycles. The molecular weight excluding hydrogens is 353 g/mol. The van der Waals surface area contributed by atoms with Crippen molar-refractivity contribution >= 4 is 23.2 Å². The molecule has 0 fully saturated rings. The normalized spacial score (nSPS) is 10.6. The van der Waals surface area contributed by atoms with Gasteiger partial charge in [-0.3, -0.25) is 0 Å². The highest BCUT2D eigenvalue weighted by molar-refractivity contribution is 6.31. The molecular formula is C21H19Cl2NO. The van der Waals surface area contributed by atoms with E-state index in [1.54, 1.807) is 0 Å². The van der Waals surface area contributed by atoms with Crippen molar-refractivity contribution in [1.29, 1.82) is 0 Å². The molecule has 2 nitrogen and oxygen atoms in total. The molecule has 128 valence electrons. The SMILES string of the molecule is Clc1cccc(COc2cccc(CNCc3ccccc3Cl)c2)c1. The fourth-order valence-electron chi connectivity index (χ4n) is 2.52. The Morgan fingerprint density at radius 3 is 2.40 bits per heavy atom. The van der Waals surface area contributed by atoms with Gasteiger partial charge in [-0.15, -0.1) is 0 Å². The number of halogens is 2. The van der Waals surface area contributed by atoms with Crippen LogP contribution in [-0.2, 0) is 19.7 Å². The molecule has 4 heteroatoms. The van der Waals surface area contributed by atoms with E-state index in [0.717, 1.165) is 45.6 Å². The lowest BCUT2D eigenvalue weighted by atomic mass is 10.2. The van der Waals surface area contributed by atoms with Gasteiger partial charge in [0, 0.05) is 23.1 Å². The van der Waals surface area contributed by atoms with E-state index in [2.05, 4.69) is 11.4 Å².